The molecule has 0 spiro atoms. The molecule has 9 nitrogen and oxygen atoms in total. The molecule has 3 aromatic rings. The number of rotatable bonds is 7. The third kappa shape index (κ3) is 4.74. The van der Waals surface area contributed by atoms with Gasteiger partial charge in [-0.3, -0.25) is 19.8 Å². The number of ether oxygens (including phenoxy) is 1. The number of thiophene rings is 1. The highest BCUT2D eigenvalue weighted by Crippen LogP contribution is 2.38. The number of piperazine rings is 1. The first kappa shape index (κ1) is 21.8. The second-order valence-corrected chi connectivity index (χ2v) is 9.38. The van der Waals surface area contributed by atoms with E-state index in [9.17, 15) is 14.9 Å². The quantitative estimate of drug-likeness (QED) is 0.407. The van der Waals surface area contributed by atoms with Gasteiger partial charge in [-0.15, -0.1) is 0 Å². The SMILES string of the molecule is COc1c(Cl)ccc2sc(N3CCN(CCNC(=O)c4ccc([N+](=O)[O-])s4)CC3)nc12. The van der Waals surface area contributed by atoms with Crippen molar-refractivity contribution in [1.29, 1.82) is 0 Å². The van der Waals surface area contributed by atoms with Crippen molar-refractivity contribution in [2.45, 2.75) is 0 Å². The lowest BCUT2D eigenvalue weighted by Gasteiger charge is -2.34. The summed E-state index contributed by atoms with van der Waals surface area (Å²) < 4.78 is 6.44. The Morgan fingerprint density at radius 2 is 2.03 bits per heavy atom. The fourth-order valence-electron chi connectivity index (χ4n) is 3.39. The van der Waals surface area contributed by atoms with E-state index in [2.05, 4.69) is 15.1 Å². The monoisotopic (exact) mass is 481 g/mol. The van der Waals surface area contributed by atoms with Crippen LogP contribution in [-0.4, -0.2) is 67.1 Å². The second-order valence-electron chi connectivity index (χ2n) is 6.90. The van der Waals surface area contributed by atoms with Gasteiger partial charge in [-0.2, -0.15) is 0 Å². The van der Waals surface area contributed by atoms with E-state index in [0.29, 0.717) is 22.2 Å². The van der Waals surface area contributed by atoms with E-state index in [4.69, 9.17) is 21.3 Å². The van der Waals surface area contributed by atoms with Crippen LogP contribution in [0.4, 0.5) is 10.1 Å². The first-order valence-electron chi connectivity index (χ1n) is 9.59. The van der Waals surface area contributed by atoms with E-state index in [1.54, 1.807) is 18.4 Å². The van der Waals surface area contributed by atoms with Gasteiger partial charge in [0.15, 0.2) is 10.9 Å². The van der Waals surface area contributed by atoms with Crippen LogP contribution in [0, 0.1) is 10.1 Å². The maximum atomic E-state index is 12.1. The number of carbonyl (C=O) groups is 1. The Hall–Kier alpha value is -2.47. The van der Waals surface area contributed by atoms with Gasteiger partial charge in [-0.1, -0.05) is 34.3 Å². The molecule has 0 aliphatic carbocycles. The number of aromatic nitrogens is 1. The number of benzene rings is 1. The molecule has 0 saturated carbocycles. The van der Waals surface area contributed by atoms with Crippen LogP contribution in [0.15, 0.2) is 24.3 Å². The minimum Gasteiger partial charge on any atom is -0.493 e. The van der Waals surface area contributed by atoms with Crippen LogP contribution in [0.1, 0.15) is 9.67 Å². The zero-order valence-corrected chi connectivity index (χ0v) is 19.1. The number of halogens is 1. The average Bonchev–Trinajstić information content (AvgIpc) is 3.42. The largest absolute Gasteiger partial charge is 0.493 e. The van der Waals surface area contributed by atoms with Crippen molar-refractivity contribution >= 4 is 60.5 Å². The first-order chi connectivity index (χ1) is 15.0. The lowest BCUT2D eigenvalue weighted by Crippen LogP contribution is -2.48. The van der Waals surface area contributed by atoms with Gasteiger partial charge in [0.05, 0.1) is 26.6 Å². The van der Waals surface area contributed by atoms with Gasteiger partial charge in [0, 0.05) is 45.3 Å². The highest BCUT2D eigenvalue weighted by atomic mass is 35.5. The van der Waals surface area contributed by atoms with Crippen molar-refractivity contribution in [2.75, 3.05) is 51.3 Å². The molecule has 1 N–H and O–H groups in total. The van der Waals surface area contributed by atoms with E-state index in [0.717, 1.165) is 59.4 Å². The van der Waals surface area contributed by atoms with Gasteiger partial charge in [-0.25, -0.2) is 4.98 Å². The molecular formula is C19H20ClN5O4S2. The van der Waals surface area contributed by atoms with Gasteiger partial charge >= 0.3 is 5.00 Å². The topological polar surface area (TPSA) is 101 Å². The van der Waals surface area contributed by atoms with E-state index in [1.807, 2.05) is 12.1 Å². The Bertz CT molecular complexity index is 1110. The average molecular weight is 482 g/mol. The van der Waals surface area contributed by atoms with Crippen molar-refractivity contribution in [1.82, 2.24) is 15.2 Å². The molecule has 0 atom stereocenters. The minimum atomic E-state index is -0.489. The summed E-state index contributed by atoms with van der Waals surface area (Å²) in [6.45, 7) is 4.59. The Kier molecular flexibility index (Phi) is 6.56. The molecule has 31 heavy (non-hydrogen) atoms. The summed E-state index contributed by atoms with van der Waals surface area (Å²) in [6, 6.07) is 6.62. The van der Waals surface area contributed by atoms with Gasteiger partial charge in [-0.05, 0) is 18.2 Å². The number of carbonyl (C=O) groups excluding carboxylic acids is 1. The first-order valence-corrected chi connectivity index (χ1v) is 11.6. The number of fused-ring (bicyclic) bond motifs is 1. The Morgan fingerprint density at radius 1 is 1.26 bits per heavy atom. The molecule has 1 aliphatic heterocycles. The lowest BCUT2D eigenvalue weighted by molar-refractivity contribution is -0.380. The van der Waals surface area contributed by atoms with Crippen LogP contribution in [0.25, 0.3) is 10.2 Å². The van der Waals surface area contributed by atoms with Gasteiger partial charge < -0.3 is 15.0 Å². The Morgan fingerprint density at radius 3 is 2.71 bits per heavy atom. The summed E-state index contributed by atoms with van der Waals surface area (Å²) in [5.74, 6) is 0.325. The van der Waals surface area contributed by atoms with E-state index < -0.39 is 4.92 Å². The van der Waals surface area contributed by atoms with Crippen LogP contribution < -0.4 is 15.0 Å². The fraction of sp³-hybridized carbons (Fsp3) is 0.368. The molecular weight excluding hydrogens is 462 g/mol. The zero-order chi connectivity index (χ0) is 22.0. The van der Waals surface area contributed by atoms with Crippen LogP contribution in [0.5, 0.6) is 5.75 Å². The van der Waals surface area contributed by atoms with Crippen molar-refractivity contribution in [3.05, 3.63) is 44.3 Å². The summed E-state index contributed by atoms with van der Waals surface area (Å²) in [5, 5.41) is 15.0. The summed E-state index contributed by atoms with van der Waals surface area (Å²) in [4.78, 5) is 32.0. The standard InChI is InChI=1S/C19H20ClN5O4S2/c1-29-17-12(20)2-3-13-16(17)22-19(31-13)24-10-8-23(9-11-24)7-6-21-18(26)14-4-5-15(30-14)25(27)28/h2-5H,6-11H2,1H3,(H,21,26). The van der Waals surface area contributed by atoms with Crippen LogP contribution in [0.2, 0.25) is 5.02 Å². The third-order valence-corrected chi connectivity index (χ3v) is 7.43. The number of amides is 1. The van der Waals surface area contributed by atoms with Crippen molar-refractivity contribution in [3.8, 4) is 5.75 Å². The maximum absolute atomic E-state index is 12.1. The molecule has 1 amide bonds. The maximum Gasteiger partial charge on any atom is 0.324 e. The fourth-order valence-corrected chi connectivity index (χ4v) is 5.37. The number of thiazole rings is 1. The smallest absolute Gasteiger partial charge is 0.324 e. The molecule has 1 aromatic carbocycles. The number of hydrogen-bond donors (Lipinski definition) is 1. The van der Waals surface area contributed by atoms with Gasteiger partial charge in [0.2, 0.25) is 0 Å². The van der Waals surface area contributed by atoms with Crippen molar-refractivity contribution in [2.24, 2.45) is 0 Å². The van der Waals surface area contributed by atoms with E-state index in [1.165, 1.54) is 12.1 Å². The normalized spacial score (nSPS) is 14.7. The molecule has 1 saturated heterocycles. The van der Waals surface area contributed by atoms with E-state index in [-0.39, 0.29) is 10.9 Å². The van der Waals surface area contributed by atoms with Crippen LogP contribution in [-0.2, 0) is 0 Å². The predicted molar refractivity (Wildman–Crippen MR) is 123 cm³/mol. The molecule has 0 unspecified atom stereocenters. The lowest BCUT2D eigenvalue weighted by atomic mass is 10.3. The third-order valence-electron chi connectivity index (χ3n) is 5.01. The molecule has 4 rings (SSSR count). The minimum absolute atomic E-state index is 0.0315. The summed E-state index contributed by atoms with van der Waals surface area (Å²) in [6.07, 6.45) is 0. The van der Waals surface area contributed by atoms with Crippen LogP contribution >= 0.6 is 34.3 Å². The number of nitro groups is 1. The number of hydrogen-bond acceptors (Lipinski definition) is 9. The Balaban J connectivity index is 1.27. The molecule has 164 valence electrons. The highest BCUT2D eigenvalue weighted by molar-refractivity contribution is 7.22. The Labute approximate surface area is 191 Å². The molecule has 0 bridgehead atoms. The van der Waals surface area contributed by atoms with Crippen LogP contribution in [0.3, 0.4) is 0 Å². The molecule has 2 aromatic heterocycles. The molecule has 3 heterocycles. The van der Waals surface area contributed by atoms with Crippen molar-refractivity contribution < 1.29 is 14.5 Å². The second kappa shape index (κ2) is 9.35. The zero-order valence-electron chi connectivity index (χ0n) is 16.7. The summed E-state index contributed by atoms with van der Waals surface area (Å²) in [5.41, 5.74) is 0.786. The summed E-state index contributed by atoms with van der Waals surface area (Å²) >= 11 is 8.71. The van der Waals surface area contributed by atoms with E-state index >= 15 is 0 Å². The summed E-state index contributed by atoms with van der Waals surface area (Å²) in [7, 11) is 1.59. The molecule has 0 radical (unpaired) electrons. The highest BCUT2D eigenvalue weighted by Gasteiger charge is 2.22. The number of methoxy groups -OCH3 is 1. The molecule has 1 fully saturated rings. The predicted octanol–water partition coefficient (Wildman–Crippen LogP) is 3.48. The number of anilines is 1. The van der Waals surface area contributed by atoms with Gasteiger partial charge in [0.1, 0.15) is 5.52 Å². The van der Waals surface area contributed by atoms with Crippen molar-refractivity contribution in [3.63, 3.8) is 0 Å². The number of nitrogens with zero attached hydrogens (tertiary/aromatic N) is 4. The molecule has 12 heteroatoms. The molecule has 1 aliphatic rings. The van der Waals surface area contributed by atoms with Gasteiger partial charge in [0.25, 0.3) is 5.91 Å². The number of nitrogens with one attached hydrogen (secondary N) is 1.